The predicted octanol–water partition coefficient (Wildman–Crippen LogP) is 1.62. The summed E-state index contributed by atoms with van der Waals surface area (Å²) in [5.74, 6) is 0.464. The Morgan fingerprint density at radius 1 is 1.44 bits per heavy atom. The lowest BCUT2D eigenvalue weighted by Gasteiger charge is -2.06. The van der Waals surface area contributed by atoms with E-state index < -0.39 is 4.92 Å². The van der Waals surface area contributed by atoms with Crippen LogP contribution >= 0.6 is 0 Å². The second-order valence-electron chi connectivity index (χ2n) is 5.31. The van der Waals surface area contributed by atoms with Crippen LogP contribution in [0.5, 0.6) is 0 Å². The number of nitrogens with zero attached hydrogens (tertiary/aromatic N) is 3. The second-order valence-corrected chi connectivity index (χ2v) is 5.31. The molecule has 134 valence electrons. The minimum atomic E-state index is -0.518. The molecule has 0 saturated heterocycles. The van der Waals surface area contributed by atoms with Crippen molar-refractivity contribution in [2.75, 3.05) is 18.4 Å². The molecule has 0 bridgehead atoms. The highest BCUT2D eigenvalue weighted by Crippen LogP contribution is 2.15. The van der Waals surface area contributed by atoms with Crippen LogP contribution in [0.4, 0.5) is 11.5 Å². The van der Waals surface area contributed by atoms with Crippen LogP contribution in [0.3, 0.4) is 0 Å². The Morgan fingerprint density at radius 3 is 2.88 bits per heavy atom. The molecule has 0 saturated carbocycles. The number of carbonyl (C=O) groups is 1. The molecule has 2 aromatic rings. The Balaban J connectivity index is 1.76. The standard InChI is InChI=1S/C15H20N6O4/c1-2-3-11(16)15-20-12(9-25-15)14(22)18-7-6-17-13-5-4-10(8-19-13)21(23)24/h4-5,8-9,11H,2-3,6-7,16H2,1H3,(H,17,19)(H,18,22). The van der Waals surface area contributed by atoms with E-state index in [1.165, 1.54) is 18.4 Å². The van der Waals surface area contributed by atoms with Crippen molar-refractivity contribution < 1.29 is 14.1 Å². The fourth-order valence-corrected chi connectivity index (χ4v) is 2.05. The van der Waals surface area contributed by atoms with Gasteiger partial charge in [0.15, 0.2) is 5.69 Å². The number of oxazole rings is 1. The molecule has 0 aliphatic carbocycles. The fraction of sp³-hybridized carbons (Fsp3) is 0.400. The van der Waals surface area contributed by atoms with Crippen LogP contribution in [0.25, 0.3) is 0 Å². The van der Waals surface area contributed by atoms with Gasteiger partial charge in [-0.05, 0) is 12.5 Å². The summed E-state index contributed by atoms with van der Waals surface area (Å²) in [7, 11) is 0. The summed E-state index contributed by atoms with van der Waals surface area (Å²) in [6.07, 6.45) is 4.07. The van der Waals surface area contributed by atoms with Gasteiger partial charge in [-0.25, -0.2) is 9.97 Å². The highest BCUT2D eigenvalue weighted by molar-refractivity contribution is 5.91. The number of amides is 1. The normalized spacial score (nSPS) is 11.8. The van der Waals surface area contributed by atoms with E-state index in [1.807, 2.05) is 6.92 Å². The van der Waals surface area contributed by atoms with Crippen molar-refractivity contribution in [1.29, 1.82) is 0 Å². The number of nitro groups is 1. The molecular weight excluding hydrogens is 328 g/mol. The van der Waals surface area contributed by atoms with Crippen LogP contribution in [0.1, 0.15) is 42.2 Å². The lowest BCUT2D eigenvalue weighted by atomic mass is 10.2. The van der Waals surface area contributed by atoms with Gasteiger partial charge in [-0.15, -0.1) is 0 Å². The van der Waals surface area contributed by atoms with E-state index in [9.17, 15) is 14.9 Å². The average Bonchev–Trinajstić information content (AvgIpc) is 3.09. The van der Waals surface area contributed by atoms with Crippen LogP contribution in [0.15, 0.2) is 29.0 Å². The molecule has 0 aliphatic heterocycles. The summed E-state index contributed by atoms with van der Waals surface area (Å²) < 4.78 is 5.23. The zero-order chi connectivity index (χ0) is 18.2. The summed E-state index contributed by atoms with van der Waals surface area (Å²) in [6.45, 7) is 2.72. The number of hydrogen-bond acceptors (Lipinski definition) is 8. The third kappa shape index (κ3) is 5.24. The summed E-state index contributed by atoms with van der Waals surface area (Å²) in [5.41, 5.74) is 5.98. The number of carbonyl (C=O) groups excluding carboxylic acids is 1. The van der Waals surface area contributed by atoms with Crippen LogP contribution in [0.2, 0.25) is 0 Å². The molecule has 10 heteroatoms. The van der Waals surface area contributed by atoms with Crippen molar-refractivity contribution in [2.24, 2.45) is 5.73 Å². The molecular formula is C15H20N6O4. The van der Waals surface area contributed by atoms with Gasteiger partial charge in [0, 0.05) is 19.2 Å². The molecule has 1 amide bonds. The number of rotatable bonds is 9. The lowest BCUT2D eigenvalue weighted by Crippen LogP contribution is -2.29. The molecule has 0 spiro atoms. The van der Waals surface area contributed by atoms with Gasteiger partial charge in [-0.3, -0.25) is 14.9 Å². The van der Waals surface area contributed by atoms with E-state index >= 15 is 0 Å². The first-order valence-corrected chi connectivity index (χ1v) is 7.84. The first-order valence-electron chi connectivity index (χ1n) is 7.84. The maximum absolute atomic E-state index is 12.0. The van der Waals surface area contributed by atoms with Gasteiger partial charge in [0.05, 0.1) is 11.0 Å². The van der Waals surface area contributed by atoms with Crippen LogP contribution in [0, 0.1) is 10.1 Å². The van der Waals surface area contributed by atoms with Crippen molar-refractivity contribution in [3.8, 4) is 0 Å². The molecule has 10 nitrogen and oxygen atoms in total. The van der Waals surface area contributed by atoms with Crippen molar-refractivity contribution in [3.63, 3.8) is 0 Å². The molecule has 2 rings (SSSR count). The Labute approximate surface area is 144 Å². The monoisotopic (exact) mass is 348 g/mol. The largest absolute Gasteiger partial charge is 0.446 e. The van der Waals surface area contributed by atoms with E-state index in [-0.39, 0.29) is 23.3 Å². The molecule has 0 fully saturated rings. The van der Waals surface area contributed by atoms with Gasteiger partial charge in [0.25, 0.3) is 11.6 Å². The SMILES string of the molecule is CCCC(N)c1nc(C(=O)NCCNc2ccc([N+](=O)[O-])cn2)co1. The highest BCUT2D eigenvalue weighted by atomic mass is 16.6. The number of anilines is 1. The molecule has 2 heterocycles. The summed E-state index contributed by atoms with van der Waals surface area (Å²) >= 11 is 0. The number of nitrogens with one attached hydrogen (secondary N) is 2. The molecule has 0 aromatic carbocycles. The number of nitrogens with two attached hydrogens (primary N) is 1. The van der Waals surface area contributed by atoms with Gasteiger partial charge >= 0.3 is 0 Å². The van der Waals surface area contributed by atoms with Gasteiger partial charge in [-0.2, -0.15) is 0 Å². The molecule has 0 aliphatic rings. The Hall–Kier alpha value is -3.01. The van der Waals surface area contributed by atoms with E-state index in [4.69, 9.17) is 10.2 Å². The zero-order valence-electron chi connectivity index (χ0n) is 13.8. The van der Waals surface area contributed by atoms with Gasteiger partial charge in [0.1, 0.15) is 18.3 Å². The molecule has 1 unspecified atom stereocenters. The Kier molecular flexibility index (Phi) is 6.40. The first kappa shape index (κ1) is 18.3. The van der Waals surface area contributed by atoms with Crippen molar-refractivity contribution in [1.82, 2.24) is 15.3 Å². The molecule has 4 N–H and O–H groups in total. The van der Waals surface area contributed by atoms with Crippen molar-refractivity contribution in [3.05, 3.63) is 46.3 Å². The quantitative estimate of drug-likeness (QED) is 0.351. The zero-order valence-corrected chi connectivity index (χ0v) is 13.8. The van der Waals surface area contributed by atoms with Crippen LogP contribution in [-0.2, 0) is 0 Å². The van der Waals surface area contributed by atoms with E-state index in [2.05, 4.69) is 20.6 Å². The summed E-state index contributed by atoms with van der Waals surface area (Å²) in [4.78, 5) is 30.0. The van der Waals surface area contributed by atoms with Gasteiger partial charge in [0.2, 0.25) is 5.89 Å². The Bertz CT molecular complexity index is 715. The van der Waals surface area contributed by atoms with E-state index in [1.54, 1.807) is 0 Å². The molecule has 2 aromatic heterocycles. The van der Waals surface area contributed by atoms with Crippen molar-refractivity contribution in [2.45, 2.75) is 25.8 Å². The number of hydrogen-bond donors (Lipinski definition) is 3. The molecule has 25 heavy (non-hydrogen) atoms. The predicted molar refractivity (Wildman–Crippen MR) is 90.1 cm³/mol. The highest BCUT2D eigenvalue weighted by Gasteiger charge is 2.16. The van der Waals surface area contributed by atoms with Gasteiger partial charge in [-0.1, -0.05) is 13.3 Å². The number of pyridine rings is 1. The van der Waals surface area contributed by atoms with Crippen LogP contribution < -0.4 is 16.4 Å². The third-order valence-corrected chi connectivity index (χ3v) is 3.35. The Morgan fingerprint density at radius 2 is 2.24 bits per heavy atom. The van der Waals surface area contributed by atoms with Crippen molar-refractivity contribution >= 4 is 17.4 Å². The average molecular weight is 348 g/mol. The third-order valence-electron chi connectivity index (χ3n) is 3.35. The van der Waals surface area contributed by atoms with Gasteiger partial charge < -0.3 is 20.8 Å². The topological polar surface area (TPSA) is 149 Å². The number of aromatic nitrogens is 2. The van der Waals surface area contributed by atoms with E-state index in [0.29, 0.717) is 24.8 Å². The smallest absolute Gasteiger partial charge is 0.287 e. The van der Waals surface area contributed by atoms with E-state index in [0.717, 1.165) is 19.0 Å². The summed E-state index contributed by atoms with van der Waals surface area (Å²) in [5, 5.41) is 16.2. The second kappa shape index (κ2) is 8.73. The molecule has 1 atom stereocenters. The minimum Gasteiger partial charge on any atom is -0.446 e. The first-order chi connectivity index (χ1) is 12.0. The van der Waals surface area contributed by atoms with Crippen LogP contribution in [-0.4, -0.2) is 33.9 Å². The summed E-state index contributed by atoms with van der Waals surface area (Å²) in [6, 6.07) is 2.53. The molecule has 0 radical (unpaired) electrons. The minimum absolute atomic E-state index is 0.0815. The maximum atomic E-state index is 12.0. The maximum Gasteiger partial charge on any atom is 0.287 e. The fourth-order valence-electron chi connectivity index (χ4n) is 2.05. The lowest BCUT2D eigenvalue weighted by molar-refractivity contribution is -0.385.